The highest BCUT2D eigenvalue weighted by Gasteiger charge is 2.26. The predicted molar refractivity (Wildman–Crippen MR) is 99.4 cm³/mol. The van der Waals surface area contributed by atoms with Gasteiger partial charge in [0.25, 0.3) is 0 Å². The largest absolute Gasteiger partial charge is 0.334 e. The van der Waals surface area contributed by atoms with Crippen LogP contribution in [0, 0.1) is 19.8 Å². The van der Waals surface area contributed by atoms with Crippen molar-refractivity contribution in [2.24, 2.45) is 5.92 Å². The van der Waals surface area contributed by atoms with Crippen LogP contribution in [0.2, 0.25) is 0 Å². The second kappa shape index (κ2) is 7.72. The maximum Gasteiger partial charge on any atom is 0.317 e. The van der Waals surface area contributed by atoms with Crippen LogP contribution in [0.3, 0.4) is 0 Å². The highest BCUT2D eigenvalue weighted by Crippen LogP contribution is 2.21. The molecule has 1 aromatic heterocycles. The van der Waals surface area contributed by atoms with Gasteiger partial charge in [-0.1, -0.05) is 30.3 Å². The Morgan fingerprint density at radius 3 is 2.72 bits per heavy atom. The van der Waals surface area contributed by atoms with Crippen LogP contribution in [-0.2, 0) is 19.5 Å². The topological polar surface area (TPSA) is 50.2 Å². The van der Waals surface area contributed by atoms with Gasteiger partial charge in [0, 0.05) is 37.4 Å². The quantitative estimate of drug-likeness (QED) is 0.908. The summed E-state index contributed by atoms with van der Waals surface area (Å²) >= 11 is 0. The van der Waals surface area contributed by atoms with Crippen LogP contribution in [0.25, 0.3) is 0 Å². The number of rotatable bonds is 5. The molecule has 0 radical (unpaired) electrons. The van der Waals surface area contributed by atoms with Gasteiger partial charge in [0.05, 0.1) is 5.69 Å². The van der Waals surface area contributed by atoms with Crippen LogP contribution in [0.4, 0.5) is 4.79 Å². The normalized spacial score (nSPS) is 17.1. The highest BCUT2D eigenvalue weighted by molar-refractivity contribution is 5.74. The third kappa shape index (κ3) is 4.03. The van der Waals surface area contributed by atoms with Crippen molar-refractivity contribution in [3.63, 3.8) is 0 Å². The van der Waals surface area contributed by atoms with Crippen molar-refractivity contribution in [3.05, 3.63) is 52.8 Å². The molecule has 5 heteroatoms. The number of carbonyl (C=O) groups excluding carboxylic acids is 1. The van der Waals surface area contributed by atoms with E-state index < -0.39 is 0 Å². The van der Waals surface area contributed by atoms with Crippen LogP contribution in [0.1, 0.15) is 35.9 Å². The number of aromatic nitrogens is 2. The molecule has 5 nitrogen and oxygen atoms in total. The first-order valence-electron chi connectivity index (χ1n) is 9.18. The van der Waals surface area contributed by atoms with E-state index in [1.54, 1.807) is 0 Å². The van der Waals surface area contributed by atoms with Crippen LogP contribution in [-0.4, -0.2) is 33.8 Å². The number of benzene rings is 1. The molecular formula is C20H28N4O. The maximum atomic E-state index is 12.5. The van der Waals surface area contributed by atoms with Crippen molar-refractivity contribution in [3.8, 4) is 0 Å². The lowest BCUT2D eigenvalue weighted by molar-refractivity contribution is 0.206. The number of nitrogens with one attached hydrogen (secondary N) is 1. The number of aryl methyl sites for hydroxylation is 2. The molecular weight excluding hydrogens is 312 g/mol. The molecule has 0 spiro atoms. The molecule has 3 rings (SSSR count). The first-order chi connectivity index (χ1) is 12.1. The van der Waals surface area contributed by atoms with E-state index in [0.717, 1.165) is 49.4 Å². The molecule has 0 bridgehead atoms. The summed E-state index contributed by atoms with van der Waals surface area (Å²) in [5, 5.41) is 7.59. The molecule has 1 saturated heterocycles. The van der Waals surface area contributed by atoms with E-state index in [1.165, 1.54) is 5.56 Å². The van der Waals surface area contributed by atoms with Gasteiger partial charge in [-0.3, -0.25) is 4.68 Å². The summed E-state index contributed by atoms with van der Waals surface area (Å²) in [6.45, 7) is 9.24. The summed E-state index contributed by atoms with van der Waals surface area (Å²) in [6, 6.07) is 10.6. The lowest BCUT2D eigenvalue weighted by Gasteiger charge is -2.17. The van der Waals surface area contributed by atoms with E-state index in [1.807, 2.05) is 22.6 Å². The summed E-state index contributed by atoms with van der Waals surface area (Å²) in [6.07, 6.45) is 2.13. The van der Waals surface area contributed by atoms with Gasteiger partial charge in [-0.2, -0.15) is 5.10 Å². The smallest absolute Gasteiger partial charge is 0.317 e. The summed E-state index contributed by atoms with van der Waals surface area (Å²) in [5.41, 5.74) is 4.63. The SMILES string of the molecule is CCn1nc(C)c(CNC(=O)N2CCC(Cc3ccccc3)C2)c1C. The van der Waals surface area contributed by atoms with Crippen LogP contribution < -0.4 is 5.32 Å². The Morgan fingerprint density at radius 2 is 2.04 bits per heavy atom. The maximum absolute atomic E-state index is 12.5. The summed E-state index contributed by atoms with van der Waals surface area (Å²) in [4.78, 5) is 14.5. The molecule has 1 unspecified atom stereocenters. The summed E-state index contributed by atoms with van der Waals surface area (Å²) in [7, 11) is 0. The first-order valence-corrected chi connectivity index (χ1v) is 9.18. The zero-order chi connectivity index (χ0) is 17.8. The zero-order valence-corrected chi connectivity index (χ0v) is 15.5. The average Bonchev–Trinajstić information content (AvgIpc) is 3.18. The fourth-order valence-corrected chi connectivity index (χ4v) is 3.70. The van der Waals surface area contributed by atoms with Crippen molar-refractivity contribution < 1.29 is 4.79 Å². The fourth-order valence-electron chi connectivity index (χ4n) is 3.70. The Labute approximate surface area is 150 Å². The lowest BCUT2D eigenvalue weighted by Crippen LogP contribution is -2.38. The van der Waals surface area contributed by atoms with E-state index in [4.69, 9.17) is 0 Å². The van der Waals surface area contributed by atoms with Crippen molar-refractivity contribution in [1.29, 1.82) is 0 Å². The van der Waals surface area contributed by atoms with Gasteiger partial charge in [0.1, 0.15) is 0 Å². The Hall–Kier alpha value is -2.30. The van der Waals surface area contributed by atoms with Gasteiger partial charge in [-0.25, -0.2) is 4.79 Å². The summed E-state index contributed by atoms with van der Waals surface area (Å²) < 4.78 is 1.99. The predicted octanol–water partition coefficient (Wildman–Crippen LogP) is 3.29. The average molecular weight is 340 g/mol. The van der Waals surface area contributed by atoms with Gasteiger partial charge < -0.3 is 10.2 Å². The summed E-state index contributed by atoms with van der Waals surface area (Å²) in [5.74, 6) is 0.555. The van der Waals surface area contributed by atoms with Gasteiger partial charge >= 0.3 is 6.03 Å². The number of nitrogens with zero attached hydrogens (tertiary/aromatic N) is 3. The Bertz CT molecular complexity index is 723. The van der Waals surface area contributed by atoms with E-state index in [2.05, 4.69) is 48.5 Å². The van der Waals surface area contributed by atoms with E-state index in [-0.39, 0.29) is 6.03 Å². The Balaban J connectivity index is 1.52. The molecule has 2 heterocycles. The highest BCUT2D eigenvalue weighted by atomic mass is 16.2. The molecule has 1 aromatic carbocycles. The molecule has 25 heavy (non-hydrogen) atoms. The Morgan fingerprint density at radius 1 is 1.28 bits per heavy atom. The van der Waals surface area contributed by atoms with Gasteiger partial charge in [-0.05, 0) is 45.1 Å². The minimum atomic E-state index is 0.0404. The molecule has 0 aliphatic carbocycles. The monoisotopic (exact) mass is 340 g/mol. The van der Waals surface area contributed by atoms with E-state index >= 15 is 0 Å². The third-order valence-electron chi connectivity index (χ3n) is 5.19. The molecule has 1 atom stereocenters. The standard InChI is InChI=1S/C20H28N4O/c1-4-24-16(3)19(15(2)22-24)13-21-20(25)23-11-10-18(14-23)12-17-8-6-5-7-9-17/h5-9,18H,4,10-14H2,1-3H3,(H,21,25). The molecule has 2 amide bonds. The minimum absolute atomic E-state index is 0.0404. The molecule has 1 fully saturated rings. The number of likely N-dealkylation sites (tertiary alicyclic amines) is 1. The fraction of sp³-hybridized carbons (Fsp3) is 0.500. The molecule has 0 saturated carbocycles. The van der Waals surface area contributed by atoms with Crippen molar-refractivity contribution in [1.82, 2.24) is 20.0 Å². The van der Waals surface area contributed by atoms with Gasteiger partial charge in [-0.15, -0.1) is 0 Å². The molecule has 1 aliphatic rings. The first kappa shape index (κ1) is 17.5. The zero-order valence-electron chi connectivity index (χ0n) is 15.5. The van der Waals surface area contributed by atoms with E-state index in [0.29, 0.717) is 12.5 Å². The number of urea groups is 1. The van der Waals surface area contributed by atoms with Crippen molar-refractivity contribution in [2.45, 2.75) is 46.7 Å². The van der Waals surface area contributed by atoms with Crippen LogP contribution in [0.5, 0.6) is 0 Å². The van der Waals surface area contributed by atoms with Gasteiger partial charge in [0.2, 0.25) is 0 Å². The number of hydrogen-bond donors (Lipinski definition) is 1. The Kier molecular flexibility index (Phi) is 5.41. The lowest BCUT2D eigenvalue weighted by atomic mass is 9.99. The molecule has 134 valence electrons. The van der Waals surface area contributed by atoms with Crippen LogP contribution >= 0.6 is 0 Å². The van der Waals surface area contributed by atoms with Crippen LogP contribution in [0.15, 0.2) is 30.3 Å². The van der Waals surface area contributed by atoms with Crippen molar-refractivity contribution in [2.75, 3.05) is 13.1 Å². The second-order valence-corrected chi connectivity index (χ2v) is 6.91. The number of carbonyl (C=O) groups is 1. The number of amides is 2. The molecule has 1 N–H and O–H groups in total. The molecule has 2 aromatic rings. The minimum Gasteiger partial charge on any atom is -0.334 e. The second-order valence-electron chi connectivity index (χ2n) is 6.91. The van der Waals surface area contributed by atoms with E-state index in [9.17, 15) is 4.79 Å². The van der Waals surface area contributed by atoms with Gasteiger partial charge in [0.15, 0.2) is 0 Å². The van der Waals surface area contributed by atoms with Crippen molar-refractivity contribution >= 4 is 6.03 Å². The third-order valence-corrected chi connectivity index (χ3v) is 5.19. The molecule has 1 aliphatic heterocycles. The number of hydrogen-bond acceptors (Lipinski definition) is 2.